The van der Waals surface area contributed by atoms with E-state index in [0.717, 1.165) is 45.1 Å². The van der Waals surface area contributed by atoms with E-state index in [2.05, 4.69) is 21.3 Å². The molecule has 0 saturated carbocycles. The van der Waals surface area contributed by atoms with Crippen molar-refractivity contribution in [3.05, 3.63) is 298 Å². The molecule has 0 atom stereocenters. The summed E-state index contributed by atoms with van der Waals surface area (Å²) in [4.78, 5) is 95.4. The number of halogens is 5. The number of amides is 4. The summed E-state index contributed by atoms with van der Waals surface area (Å²) in [5.41, 5.74) is 7.88. The maximum atomic E-state index is 13.6. The lowest BCUT2D eigenvalue weighted by Crippen LogP contribution is -2.15. The molecule has 4 heterocycles. The first-order valence-corrected chi connectivity index (χ1v) is 36.5. The molecule has 19 nitrogen and oxygen atoms in total. The number of thiophene rings is 4. The second-order valence-electron chi connectivity index (χ2n) is 22.4. The van der Waals surface area contributed by atoms with Crippen LogP contribution < -0.4 is 21.3 Å². The summed E-state index contributed by atoms with van der Waals surface area (Å²) in [5, 5.41) is 67.9. The molecule has 4 aromatic heterocycles. The third-order valence-corrected chi connectivity index (χ3v) is 19.9. The van der Waals surface area contributed by atoms with E-state index in [1.54, 1.807) is 149 Å². The molecular weight excluding hydrogens is 1520 g/mol. The zero-order chi connectivity index (χ0) is 75.8. The Bertz CT molecular complexity index is 4760. The molecule has 12 rings (SSSR count). The largest absolute Gasteiger partial charge is 0.508 e. The quantitative estimate of drug-likeness (QED) is 0.0305. The van der Waals surface area contributed by atoms with E-state index in [4.69, 9.17) is 55.9 Å². The molecule has 0 fully saturated rings. The smallest absolute Gasteiger partial charge is 0.412 e. The molecule has 0 aliphatic heterocycles. The second kappa shape index (κ2) is 38.5. The number of anilines is 4. The van der Waals surface area contributed by atoms with Crippen LogP contribution in [0.2, 0.25) is 20.1 Å². The monoisotopic (exact) mass is 1580 g/mol. The number of carbonyl (C=O) groups is 8. The number of aromatic carboxylic acids is 4. The molecule has 0 aliphatic rings. The van der Waals surface area contributed by atoms with Gasteiger partial charge in [-0.3, -0.25) is 20.2 Å². The van der Waals surface area contributed by atoms with Gasteiger partial charge in [-0.1, -0.05) is 192 Å². The van der Waals surface area contributed by atoms with Gasteiger partial charge in [-0.05, 0) is 112 Å². The minimum atomic E-state index is -1.15. The van der Waals surface area contributed by atoms with Gasteiger partial charge in [0.2, 0.25) is 11.8 Å². The Morgan fingerprint density at radius 3 is 1.06 bits per heavy atom. The predicted octanol–water partition coefficient (Wildman–Crippen LogP) is 21.6. The Morgan fingerprint density at radius 1 is 0.358 bits per heavy atom. The number of aryl methyl sites for hydroxylation is 2. The molecule has 4 amide bonds. The highest BCUT2D eigenvalue weighted by molar-refractivity contribution is 7.16. The maximum Gasteiger partial charge on any atom is 0.412 e. The number of hydrogen-bond donors (Lipinski definition) is 9. The van der Waals surface area contributed by atoms with Gasteiger partial charge in [0.15, 0.2) is 0 Å². The first-order chi connectivity index (χ1) is 51.0. The second-order valence-corrected chi connectivity index (χ2v) is 27.6. The average molecular weight is 1580 g/mol. The molecule has 0 unspecified atom stereocenters. The summed E-state index contributed by atoms with van der Waals surface area (Å²) >= 11 is 28.2. The van der Waals surface area contributed by atoms with Crippen LogP contribution in [0.3, 0.4) is 0 Å². The lowest BCUT2D eigenvalue weighted by molar-refractivity contribution is -0.117. The zero-order valence-electron chi connectivity index (χ0n) is 55.0. The molecule has 0 aliphatic carbocycles. The van der Waals surface area contributed by atoms with Crippen LogP contribution in [0.5, 0.6) is 5.75 Å². The topological polar surface area (TPSA) is 304 Å². The highest BCUT2D eigenvalue weighted by Crippen LogP contribution is 2.41. The van der Waals surface area contributed by atoms with Crippen molar-refractivity contribution in [1.29, 1.82) is 0 Å². The van der Waals surface area contributed by atoms with Gasteiger partial charge >= 0.3 is 36.1 Å². The molecule has 0 saturated heterocycles. The molecule has 0 spiro atoms. The fourth-order valence-corrected chi connectivity index (χ4v) is 14.4. The Morgan fingerprint density at radius 2 is 0.679 bits per heavy atom. The fraction of sp³-hybridized carbons (Fsp3) is 0.0769. The van der Waals surface area contributed by atoms with Crippen LogP contribution in [-0.2, 0) is 45.1 Å². The van der Waals surface area contributed by atoms with Crippen molar-refractivity contribution in [3.63, 3.8) is 0 Å². The molecule has 28 heteroatoms. The van der Waals surface area contributed by atoms with Crippen molar-refractivity contribution in [3.8, 4) is 50.3 Å². The van der Waals surface area contributed by atoms with Crippen LogP contribution in [0.1, 0.15) is 76.5 Å². The predicted molar refractivity (Wildman–Crippen MR) is 416 cm³/mol. The summed E-state index contributed by atoms with van der Waals surface area (Å²) in [6.45, 7) is 0.0772. The van der Waals surface area contributed by atoms with Crippen molar-refractivity contribution in [2.24, 2.45) is 0 Å². The van der Waals surface area contributed by atoms with E-state index >= 15 is 0 Å². The number of ether oxygens (including phenoxy) is 2. The van der Waals surface area contributed by atoms with Gasteiger partial charge in [0.05, 0.1) is 0 Å². The van der Waals surface area contributed by atoms with Gasteiger partial charge in [0, 0.05) is 82.3 Å². The van der Waals surface area contributed by atoms with Crippen LogP contribution in [-0.4, -0.2) is 73.4 Å². The Kier molecular flexibility index (Phi) is 28.7. The summed E-state index contributed by atoms with van der Waals surface area (Å²) in [6.07, 6.45) is -0.326. The first kappa shape index (κ1) is 78.9. The summed E-state index contributed by atoms with van der Waals surface area (Å²) in [7, 11) is 0. The molecule has 0 bridgehead atoms. The Labute approximate surface area is 641 Å². The third-order valence-electron chi connectivity index (χ3n) is 15.2. The number of benzene rings is 8. The summed E-state index contributed by atoms with van der Waals surface area (Å²) in [5.74, 6) is -5.37. The molecule has 540 valence electrons. The third kappa shape index (κ3) is 22.4. The molecule has 8 aromatic carbocycles. The standard InChI is InChI=1S/C20H15ClFNO3S.C20H17NO4S.C19H13Cl2NO4S.C19H14ClNO4S/c21-14-8-5-12(6-9-14)15-11-27-19(18(15)20(25)26)23-17(24)10-7-13-3-1-2-4-16(13)22;22-15-9-7-14(8-10-15)16-12-26-19(18(16)20(24)25)21-17(23)11-6-13-4-2-1-3-5-13;20-13-7-5-11(6-8-13)14-10-27-17(16(14)18(23)24)22-19(25)26-9-12-3-1-2-4-15(12)21;20-14-8-6-13(7-9-14)15-11-26-17(16(15)18(22)23)21-19(24)25-10-12-4-2-1-3-5-12/h1-6,8-9,11H,7,10H2,(H,23,24)(H,25,26);1-5,7-10,12,22H,6,11H2,(H,21,23)(H,24,25);1-8,10H,9H2,(H,22,25)(H,23,24);1-9,11H,10H2,(H,21,24)(H,22,23). The number of aromatic hydroxyl groups is 1. The summed E-state index contributed by atoms with van der Waals surface area (Å²) < 4.78 is 23.9. The van der Waals surface area contributed by atoms with Gasteiger partial charge in [-0.25, -0.2) is 33.2 Å². The van der Waals surface area contributed by atoms with Gasteiger partial charge in [-0.15, -0.1) is 45.3 Å². The number of carboxylic acid groups (broad SMARTS) is 4. The van der Waals surface area contributed by atoms with E-state index in [1.165, 1.54) is 29.5 Å². The van der Waals surface area contributed by atoms with Crippen molar-refractivity contribution in [2.75, 3.05) is 21.3 Å². The van der Waals surface area contributed by atoms with Crippen molar-refractivity contribution >= 4 is 160 Å². The zero-order valence-corrected chi connectivity index (χ0v) is 61.3. The number of phenolic OH excluding ortho intramolecular Hbond substituents is 1. The van der Waals surface area contributed by atoms with Gasteiger partial charge in [0.25, 0.3) is 0 Å². The van der Waals surface area contributed by atoms with Crippen LogP contribution in [0.25, 0.3) is 44.5 Å². The highest BCUT2D eigenvalue weighted by atomic mass is 35.5. The number of carbonyl (C=O) groups excluding carboxylic acids is 4. The lowest BCUT2D eigenvalue weighted by Gasteiger charge is -2.08. The van der Waals surface area contributed by atoms with E-state index in [0.29, 0.717) is 87.1 Å². The van der Waals surface area contributed by atoms with E-state index in [-0.39, 0.29) is 93.1 Å². The van der Waals surface area contributed by atoms with Gasteiger partial charge < -0.3 is 45.6 Å². The van der Waals surface area contributed by atoms with E-state index in [9.17, 15) is 68.3 Å². The van der Waals surface area contributed by atoms with Gasteiger partial charge in [-0.2, -0.15) is 0 Å². The average Bonchev–Trinajstić information content (AvgIpc) is 1.68. The number of phenols is 1. The van der Waals surface area contributed by atoms with Crippen molar-refractivity contribution in [2.45, 2.75) is 38.9 Å². The van der Waals surface area contributed by atoms with Crippen LogP contribution >= 0.6 is 91.8 Å². The minimum Gasteiger partial charge on any atom is -0.508 e. The van der Waals surface area contributed by atoms with E-state index in [1.807, 2.05) is 60.7 Å². The molecular formula is C78H59Cl4FN4O15S4. The lowest BCUT2D eigenvalue weighted by atomic mass is 10.0. The number of carboxylic acids is 4. The van der Waals surface area contributed by atoms with Crippen LogP contribution in [0, 0.1) is 5.82 Å². The van der Waals surface area contributed by atoms with Crippen LogP contribution in [0.15, 0.2) is 228 Å². The fourth-order valence-electron chi connectivity index (χ4n) is 10.00. The summed E-state index contributed by atoms with van der Waals surface area (Å²) in [6, 6.07) is 58.8. The van der Waals surface area contributed by atoms with Crippen molar-refractivity contribution in [1.82, 2.24) is 0 Å². The molecule has 106 heavy (non-hydrogen) atoms. The highest BCUT2D eigenvalue weighted by Gasteiger charge is 2.26. The van der Waals surface area contributed by atoms with E-state index < -0.39 is 36.1 Å². The van der Waals surface area contributed by atoms with Gasteiger partial charge in [0.1, 0.15) is 67.0 Å². The number of hydrogen-bond acceptors (Lipinski definition) is 15. The number of nitrogens with one attached hydrogen (secondary N) is 4. The minimum absolute atomic E-state index is 0.00276. The Balaban J connectivity index is 0.000000163. The van der Waals surface area contributed by atoms with Crippen molar-refractivity contribution < 1.29 is 77.8 Å². The number of rotatable bonds is 22. The SMILES string of the molecule is O=C(CCc1ccccc1)Nc1scc(-c2ccc(O)cc2)c1C(=O)O.O=C(CCc1ccccc1F)Nc1scc(-c2ccc(Cl)cc2)c1C(=O)O.O=C(Nc1scc(-c2ccc(Cl)cc2)c1C(=O)O)OCc1ccccc1.O=C(Nc1scc(-c2ccc(Cl)cc2)c1C(=O)O)OCc1ccccc1Cl. The normalized spacial score (nSPS) is 10.5. The molecule has 9 N–H and O–H groups in total. The molecule has 0 radical (unpaired) electrons. The molecule has 12 aromatic rings. The first-order valence-electron chi connectivity index (χ1n) is 31.5. The van der Waals surface area contributed by atoms with Crippen LogP contribution in [0.4, 0.5) is 34.0 Å². The maximum absolute atomic E-state index is 13.6. The Hall–Kier alpha value is -11.2.